The van der Waals surface area contributed by atoms with Crippen molar-refractivity contribution in [2.24, 2.45) is 0 Å². The van der Waals surface area contributed by atoms with Gasteiger partial charge in [-0.25, -0.2) is 0 Å². The quantitative estimate of drug-likeness (QED) is 0.377. The number of nitrogens with zero attached hydrogens (tertiary/aromatic N) is 5. The van der Waals surface area contributed by atoms with Crippen LogP contribution in [0.2, 0.25) is 0 Å². The van der Waals surface area contributed by atoms with Crippen LogP contribution < -0.4 is 5.32 Å². The summed E-state index contributed by atoms with van der Waals surface area (Å²) in [5.74, 6) is 0.690. The summed E-state index contributed by atoms with van der Waals surface area (Å²) in [7, 11) is 0. The van der Waals surface area contributed by atoms with Crippen molar-refractivity contribution in [3.8, 4) is 23.1 Å². The van der Waals surface area contributed by atoms with E-state index in [1.165, 1.54) is 28.0 Å². The van der Waals surface area contributed by atoms with Gasteiger partial charge in [-0.05, 0) is 61.9 Å². The number of rotatable bonds is 6. The molecule has 170 valence electrons. The van der Waals surface area contributed by atoms with Gasteiger partial charge in [-0.3, -0.25) is 14.3 Å². The third kappa shape index (κ3) is 4.34. The number of fused-ring (bicyclic) bond motifs is 1. The van der Waals surface area contributed by atoms with E-state index in [2.05, 4.69) is 26.6 Å². The Kier molecular flexibility index (Phi) is 6.43. The lowest BCUT2D eigenvalue weighted by molar-refractivity contribution is -0.113. The second kappa shape index (κ2) is 9.79. The van der Waals surface area contributed by atoms with Crippen LogP contribution in [-0.2, 0) is 17.6 Å². The predicted octanol–water partition coefficient (Wildman–Crippen LogP) is 5.18. The van der Waals surface area contributed by atoms with Crippen molar-refractivity contribution in [2.75, 3.05) is 11.1 Å². The molecule has 0 radical (unpaired) electrons. The average molecular weight is 487 g/mol. The molecule has 3 aromatic heterocycles. The van der Waals surface area contributed by atoms with E-state index in [0.29, 0.717) is 21.5 Å². The smallest absolute Gasteiger partial charge is 0.235 e. The van der Waals surface area contributed by atoms with E-state index in [0.717, 1.165) is 48.1 Å². The minimum absolute atomic E-state index is 0.161. The Labute approximate surface area is 205 Å². The lowest BCUT2D eigenvalue weighted by Crippen LogP contribution is -2.14. The minimum Gasteiger partial charge on any atom is -0.316 e. The van der Waals surface area contributed by atoms with E-state index >= 15 is 0 Å². The molecule has 1 aliphatic carbocycles. The highest BCUT2D eigenvalue weighted by molar-refractivity contribution is 7.99. The van der Waals surface area contributed by atoms with Gasteiger partial charge in [-0.1, -0.05) is 30.0 Å². The van der Waals surface area contributed by atoms with Crippen molar-refractivity contribution in [1.82, 2.24) is 19.7 Å². The Bertz CT molecular complexity index is 1390. The van der Waals surface area contributed by atoms with Crippen molar-refractivity contribution in [3.63, 3.8) is 0 Å². The normalized spacial score (nSPS) is 12.7. The largest absolute Gasteiger partial charge is 0.316 e. The second-order valence-corrected chi connectivity index (χ2v) is 10.1. The summed E-state index contributed by atoms with van der Waals surface area (Å²) in [5.41, 5.74) is 4.67. The highest BCUT2D eigenvalue weighted by atomic mass is 32.2. The number of carbonyl (C=O) groups excluding carboxylic acids is 1. The first kappa shape index (κ1) is 22.3. The second-order valence-electron chi connectivity index (χ2n) is 8.03. The van der Waals surface area contributed by atoms with E-state index in [9.17, 15) is 10.1 Å². The first-order valence-electron chi connectivity index (χ1n) is 11.0. The van der Waals surface area contributed by atoms with Crippen LogP contribution >= 0.6 is 23.1 Å². The number of carbonyl (C=O) groups is 1. The number of nitriles is 1. The summed E-state index contributed by atoms with van der Waals surface area (Å²) in [6, 6.07) is 14.1. The third-order valence-electron chi connectivity index (χ3n) is 5.80. The summed E-state index contributed by atoms with van der Waals surface area (Å²) < 4.78 is 1.98. The van der Waals surface area contributed by atoms with Crippen LogP contribution in [0.3, 0.4) is 0 Å². The molecule has 0 atom stereocenters. The fraction of sp³-hybridized carbons (Fsp3) is 0.240. The fourth-order valence-electron chi connectivity index (χ4n) is 4.15. The summed E-state index contributed by atoms with van der Waals surface area (Å²) >= 11 is 2.86. The van der Waals surface area contributed by atoms with E-state index in [1.54, 1.807) is 12.4 Å². The molecule has 1 N–H and O–H groups in total. The van der Waals surface area contributed by atoms with Crippen LogP contribution in [0.1, 0.15) is 34.4 Å². The molecule has 0 unspecified atom stereocenters. The van der Waals surface area contributed by atoms with Gasteiger partial charge in [0.1, 0.15) is 11.1 Å². The van der Waals surface area contributed by atoms with Gasteiger partial charge in [0.2, 0.25) is 5.91 Å². The number of pyridine rings is 1. The van der Waals surface area contributed by atoms with Crippen LogP contribution in [0.15, 0.2) is 53.9 Å². The summed E-state index contributed by atoms with van der Waals surface area (Å²) in [6.45, 7) is 2.04. The van der Waals surface area contributed by atoms with Crippen molar-refractivity contribution < 1.29 is 4.79 Å². The lowest BCUT2D eigenvalue weighted by Gasteiger charge is -2.12. The summed E-state index contributed by atoms with van der Waals surface area (Å²) in [5, 5.41) is 22.7. The maximum atomic E-state index is 12.9. The number of anilines is 1. The number of hydrogen-bond donors (Lipinski definition) is 1. The maximum Gasteiger partial charge on any atom is 0.235 e. The average Bonchev–Trinajstić information content (AvgIpc) is 3.44. The topological polar surface area (TPSA) is 96.5 Å². The Hall–Kier alpha value is -3.48. The zero-order valence-electron chi connectivity index (χ0n) is 18.6. The number of thiophene rings is 1. The van der Waals surface area contributed by atoms with Gasteiger partial charge in [-0.2, -0.15) is 5.26 Å². The standard InChI is InChI=1S/C25H22N6OS2/c1-16-6-2-4-8-20(16)31-23(17-10-12-27-13-11-17)29-30-25(31)33-15-22(32)28-24-19(14-26)18-7-3-5-9-21(18)34-24/h2,4,6,8,10-13H,3,5,7,9,15H2,1H3,(H,28,32). The molecule has 1 aromatic carbocycles. The van der Waals surface area contributed by atoms with Gasteiger partial charge in [0.25, 0.3) is 0 Å². The third-order valence-corrected chi connectivity index (χ3v) is 7.93. The number of benzene rings is 1. The van der Waals surface area contributed by atoms with E-state index in [-0.39, 0.29) is 11.7 Å². The predicted molar refractivity (Wildman–Crippen MR) is 134 cm³/mol. The molecular weight excluding hydrogens is 464 g/mol. The van der Waals surface area contributed by atoms with Gasteiger partial charge in [0, 0.05) is 22.8 Å². The van der Waals surface area contributed by atoms with Gasteiger partial charge in [-0.15, -0.1) is 21.5 Å². The monoisotopic (exact) mass is 486 g/mol. The van der Waals surface area contributed by atoms with Crippen molar-refractivity contribution in [2.45, 2.75) is 37.8 Å². The SMILES string of the molecule is Cc1ccccc1-n1c(SCC(=O)Nc2sc3c(c2C#N)CCCC3)nnc1-c1ccncc1. The van der Waals surface area contributed by atoms with Gasteiger partial charge in [0.15, 0.2) is 11.0 Å². The van der Waals surface area contributed by atoms with E-state index in [4.69, 9.17) is 0 Å². The molecule has 1 aliphatic rings. The number of amides is 1. The molecule has 0 saturated heterocycles. The summed E-state index contributed by atoms with van der Waals surface area (Å²) in [6.07, 6.45) is 7.57. The molecule has 0 spiro atoms. The first-order chi connectivity index (χ1) is 16.7. The van der Waals surface area contributed by atoms with Gasteiger partial charge < -0.3 is 5.32 Å². The van der Waals surface area contributed by atoms with E-state index < -0.39 is 0 Å². The Balaban J connectivity index is 1.40. The van der Waals surface area contributed by atoms with Crippen molar-refractivity contribution >= 4 is 34.0 Å². The zero-order valence-corrected chi connectivity index (χ0v) is 20.2. The molecule has 5 rings (SSSR count). The highest BCUT2D eigenvalue weighted by Gasteiger charge is 2.23. The Morgan fingerprint density at radius 1 is 1.18 bits per heavy atom. The van der Waals surface area contributed by atoms with Crippen molar-refractivity contribution in [3.05, 3.63) is 70.4 Å². The Morgan fingerprint density at radius 2 is 1.97 bits per heavy atom. The molecule has 34 heavy (non-hydrogen) atoms. The molecule has 0 aliphatic heterocycles. The molecule has 4 aromatic rings. The number of para-hydroxylation sites is 1. The van der Waals surface area contributed by atoms with Crippen LogP contribution in [0.25, 0.3) is 17.1 Å². The molecule has 0 bridgehead atoms. The highest BCUT2D eigenvalue weighted by Crippen LogP contribution is 2.38. The molecule has 7 nitrogen and oxygen atoms in total. The number of aryl methyl sites for hydroxylation is 2. The number of thioether (sulfide) groups is 1. The number of aromatic nitrogens is 4. The van der Waals surface area contributed by atoms with Crippen molar-refractivity contribution in [1.29, 1.82) is 5.26 Å². The summed E-state index contributed by atoms with van der Waals surface area (Å²) in [4.78, 5) is 18.2. The Morgan fingerprint density at radius 3 is 2.76 bits per heavy atom. The molecule has 3 heterocycles. The number of nitrogens with one attached hydrogen (secondary N) is 1. The van der Waals surface area contributed by atoms with Crippen LogP contribution in [-0.4, -0.2) is 31.4 Å². The van der Waals surface area contributed by atoms with Crippen LogP contribution in [0.5, 0.6) is 0 Å². The molecule has 0 saturated carbocycles. The maximum absolute atomic E-state index is 12.9. The molecule has 9 heteroatoms. The number of hydrogen-bond acceptors (Lipinski definition) is 7. The van der Waals surface area contributed by atoms with Crippen LogP contribution in [0, 0.1) is 18.3 Å². The first-order valence-corrected chi connectivity index (χ1v) is 12.8. The van der Waals surface area contributed by atoms with Gasteiger partial charge in [0.05, 0.1) is 17.0 Å². The van der Waals surface area contributed by atoms with Crippen LogP contribution in [0.4, 0.5) is 5.00 Å². The molecular formula is C25H22N6OS2. The van der Waals surface area contributed by atoms with Gasteiger partial charge >= 0.3 is 0 Å². The van der Waals surface area contributed by atoms with E-state index in [1.807, 2.05) is 47.9 Å². The molecule has 0 fully saturated rings. The minimum atomic E-state index is -0.162. The lowest BCUT2D eigenvalue weighted by atomic mass is 9.96. The zero-order chi connectivity index (χ0) is 23.5. The molecule has 1 amide bonds. The fourth-order valence-corrected chi connectivity index (χ4v) is 6.15.